The molecule has 3 rings (SSSR count). The molecular formula is C16H15ClO. The zero-order valence-corrected chi connectivity index (χ0v) is 10.8. The fourth-order valence-corrected chi connectivity index (χ4v) is 2.54. The molecule has 0 N–H and O–H groups in total. The van der Waals surface area contributed by atoms with Crippen molar-refractivity contribution in [3.8, 4) is 0 Å². The summed E-state index contributed by atoms with van der Waals surface area (Å²) < 4.78 is 5.72. The molecule has 2 atom stereocenters. The van der Waals surface area contributed by atoms with Gasteiger partial charge in [-0.1, -0.05) is 60.1 Å². The lowest BCUT2D eigenvalue weighted by molar-refractivity contribution is 0.366. The first kappa shape index (κ1) is 11.8. The van der Waals surface area contributed by atoms with Crippen molar-refractivity contribution >= 4 is 11.6 Å². The van der Waals surface area contributed by atoms with Gasteiger partial charge in [-0.15, -0.1) is 0 Å². The van der Waals surface area contributed by atoms with Crippen LogP contribution in [0.4, 0.5) is 0 Å². The van der Waals surface area contributed by atoms with Crippen molar-refractivity contribution in [3.05, 3.63) is 70.7 Å². The minimum atomic E-state index is 0.197. The molecule has 0 aromatic heterocycles. The summed E-state index contributed by atoms with van der Waals surface area (Å²) in [6.07, 6.45) is 2.64. The average molecular weight is 259 g/mol. The minimum Gasteiger partial charge on any atom is -0.364 e. The predicted octanol–water partition coefficient (Wildman–Crippen LogP) is 4.41. The van der Waals surface area contributed by atoms with E-state index in [4.69, 9.17) is 16.3 Å². The van der Waals surface area contributed by atoms with Gasteiger partial charge >= 0.3 is 0 Å². The number of aryl methyl sites for hydroxylation is 1. The van der Waals surface area contributed by atoms with Crippen LogP contribution in [0.2, 0.25) is 5.02 Å². The SMILES string of the molecule is Clc1ccccc1[C@H]1O[C@@H]1CCc1ccccc1. The lowest BCUT2D eigenvalue weighted by atomic mass is 10.0. The molecule has 0 aliphatic carbocycles. The quantitative estimate of drug-likeness (QED) is 0.740. The second-order valence-electron chi connectivity index (χ2n) is 4.64. The summed E-state index contributed by atoms with van der Waals surface area (Å²) in [6.45, 7) is 0. The predicted molar refractivity (Wildman–Crippen MR) is 73.8 cm³/mol. The van der Waals surface area contributed by atoms with Crippen molar-refractivity contribution in [2.24, 2.45) is 0 Å². The molecule has 1 fully saturated rings. The number of ether oxygens (including phenoxy) is 1. The Hall–Kier alpha value is -1.31. The van der Waals surface area contributed by atoms with Gasteiger partial charge in [0.25, 0.3) is 0 Å². The molecule has 1 aliphatic heterocycles. The Kier molecular flexibility index (Phi) is 3.35. The van der Waals surface area contributed by atoms with E-state index in [1.165, 1.54) is 5.56 Å². The Morgan fingerprint density at radius 2 is 1.67 bits per heavy atom. The van der Waals surface area contributed by atoms with Crippen LogP contribution in [0.15, 0.2) is 54.6 Å². The molecule has 0 unspecified atom stereocenters. The Balaban J connectivity index is 1.58. The van der Waals surface area contributed by atoms with Gasteiger partial charge in [0, 0.05) is 10.6 Å². The van der Waals surface area contributed by atoms with Crippen LogP contribution in [0, 0.1) is 0 Å². The Morgan fingerprint density at radius 3 is 2.44 bits per heavy atom. The highest BCUT2D eigenvalue weighted by molar-refractivity contribution is 6.31. The van der Waals surface area contributed by atoms with Gasteiger partial charge in [0.05, 0.1) is 6.10 Å². The first-order valence-electron chi connectivity index (χ1n) is 6.28. The number of hydrogen-bond donors (Lipinski definition) is 0. The maximum atomic E-state index is 6.16. The maximum absolute atomic E-state index is 6.16. The highest BCUT2D eigenvalue weighted by atomic mass is 35.5. The molecule has 1 aliphatic rings. The van der Waals surface area contributed by atoms with Crippen LogP contribution >= 0.6 is 11.6 Å². The fraction of sp³-hybridized carbons (Fsp3) is 0.250. The van der Waals surface area contributed by atoms with Crippen molar-refractivity contribution in [1.29, 1.82) is 0 Å². The van der Waals surface area contributed by atoms with Crippen molar-refractivity contribution in [1.82, 2.24) is 0 Å². The maximum Gasteiger partial charge on any atom is 0.111 e. The van der Waals surface area contributed by atoms with Crippen LogP contribution in [0.3, 0.4) is 0 Å². The van der Waals surface area contributed by atoms with Crippen LogP contribution in [0.1, 0.15) is 23.7 Å². The zero-order chi connectivity index (χ0) is 12.4. The molecule has 1 nitrogen and oxygen atoms in total. The van der Waals surface area contributed by atoms with Gasteiger partial charge in [0.1, 0.15) is 6.10 Å². The van der Waals surface area contributed by atoms with Crippen molar-refractivity contribution < 1.29 is 4.74 Å². The molecule has 0 saturated carbocycles. The van der Waals surface area contributed by atoms with Crippen molar-refractivity contribution in [2.45, 2.75) is 25.0 Å². The summed E-state index contributed by atoms with van der Waals surface area (Å²) in [4.78, 5) is 0. The zero-order valence-electron chi connectivity index (χ0n) is 10.1. The first-order chi connectivity index (χ1) is 8.84. The van der Waals surface area contributed by atoms with E-state index in [0.29, 0.717) is 6.10 Å². The summed E-state index contributed by atoms with van der Waals surface area (Å²) in [5.41, 5.74) is 2.49. The Bertz CT molecular complexity index is 524. The molecular weight excluding hydrogens is 244 g/mol. The smallest absolute Gasteiger partial charge is 0.111 e. The van der Waals surface area contributed by atoms with Gasteiger partial charge in [0.2, 0.25) is 0 Å². The molecule has 18 heavy (non-hydrogen) atoms. The van der Waals surface area contributed by atoms with E-state index in [0.717, 1.165) is 23.4 Å². The normalized spacial score (nSPS) is 21.8. The highest BCUT2D eigenvalue weighted by Gasteiger charge is 2.40. The van der Waals surface area contributed by atoms with Crippen molar-refractivity contribution in [2.75, 3.05) is 0 Å². The second kappa shape index (κ2) is 5.13. The lowest BCUT2D eigenvalue weighted by Crippen LogP contribution is -1.93. The second-order valence-corrected chi connectivity index (χ2v) is 5.05. The average Bonchev–Trinajstić information content (AvgIpc) is 3.18. The summed E-state index contributed by atoms with van der Waals surface area (Å²) in [7, 11) is 0. The Labute approximate surface area is 112 Å². The van der Waals surface area contributed by atoms with Crippen LogP contribution < -0.4 is 0 Å². The van der Waals surface area contributed by atoms with Gasteiger partial charge < -0.3 is 4.74 Å². The Morgan fingerprint density at radius 1 is 0.944 bits per heavy atom. The molecule has 1 heterocycles. The van der Waals surface area contributed by atoms with Gasteiger partial charge in [-0.05, 0) is 24.5 Å². The molecule has 0 radical (unpaired) electrons. The van der Waals surface area contributed by atoms with E-state index in [2.05, 4.69) is 30.3 Å². The molecule has 0 spiro atoms. The minimum absolute atomic E-state index is 0.197. The molecule has 2 heteroatoms. The molecule has 0 amide bonds. The molecule has 2 aromatic carbocycles. The number of halogens is 1. The third-order valence-electron chi connectivity index (χ3n) is 3.35. The first-order valence-corrected chi connectivity index (χ1v) is 6.66. The highest BCUT2D eigenvalue weighted by Crippen LogP contribution is 2.43. The molecule has 0 bridgehead atoms. The largest absolute Gasteiger partial charge is 0.364 e. The van der Waals surface area contributed by atoms with Crippen LogP contribution in [-0.2, 0) is 11.2 Å². The monoisotopic (exact) mass is 258 g/mol. The third-order valence-corrected chi connectivity index (χ3v) is 3.70. The van der Waals surface area contributed by atoms with Gasteiger partial charge in [-0.2, -0.15) is 0 Å². The van der Waals surface area contributed by atoms with E-state index in [1.54, 1.807) is 0 Å². The van der Waals surface area contributed by atoms with Gasteiger partial charge in [0.15, 0.2) is 0 Å². The number of hydrogen-bond acceptors (Lipinski definition) is 1. The van der Waals surface area contributed by atoms with Crippen LogP contribution in [0.5, 0.6) is 0 Å². The molecule has 92 valence electrons. The summed E-state index contributed by atoms with van der Waals surface area (Å²) in [5, 5.41) is 0.810. The number of rotatable bonds is 4. The van der Waals surface area contributed by atoms with E-state index >= 15 is 0 Å². The van der Waals surface area contributed by atoms with Gasteiger partial charge in [-0.3, -0.25) is 0 Å². The van der Waals surface area contributed by atoms with E-state index in [1.807, 2.05) is 24.3 Å². The van der Waals surface area contributed by atoms with Crippen LogP contribution in [0.25, 0.3) is 0 Å². The van der Waals surface area contributed by atoms with E-state index in [9.17, 15) is 0 Å². The molecule has 2 aromatic rings. The third kappa shape index (κ3) is 2.58. The number of epoxide rings is 1. The fourth-order valence-electron chi connectivity index (χ4n) is 2.30. The van der Waals surface area contributed by atoms with Gasteiger partial charge in [-0.25, -0.2) is 0 Å². The van der Waals surface area contributed by atoms with Crippen molar-refractivity contribution in [3.63, 3.8) is 0 Å². The summed E-state index contributed by atoms with van der Waals surface area (Å²) in [5.74, 6) is 0. The molecule has 1 saturated heterocycles. The van der Waals surface area contributed by atoms with Crippen LogP contribution in [-0.4, -0.2) is 6.10 Å². The van der Waals surface area contributed by atoms with E-state index in [-0.39, 0.29) is 6.10 Å². The summed E-state index contributed by atoms with van der Waals surface area (Å²) in [6, 6.07) is 18.5. The lowest BCUT2D eigenvalue weighted by Gasteiger charge is -2.00. The summed E-state index contributed by atoms with van der Waals surface area (Å²) >= 11 is 6.16. The standard InChI is InChI=1S/C16H15ClO/c17-14-9-5-4-8-13(14)16-15(18-16)11-10-12-6-2-1-3-7-12/h1-9,15-16H,10-11H2/t15-,16-/m1/s1. The topological polar surface area (TPSA) is 12.5 Å². The van der Waals surface area contributed by atoms with E-state index < -0.39 is 0 Å². The number of benzene rings is 2.